The molecule has 0 aliphatic rings. The smallest absolute Gasteiger partial charge is 0.310 e. The van der Waals surface area contributed by atoms with Crippen LogP contribution in [0.4, 0.5) is 0 Å². The van der Waals surface area contributed by atoms with E-state index in [1.54, 1.807) is 0 Å². The van der Waals surface area contributed by atoms with Gasteiger partial charge in [0.2, 0.25) is 0 Å². The Morgan fingerprint density at radius 3 is 2.21 bits per heavy atom. The Labute approximate surface area is 83.2 Å². The molecule has 77 valence electrons. The van der Waals surface area contributed by atoms with Gasteiger partial charge >= 0.3 is 11.9 Å². The van der Waals surface area contributed by atoms with E-state index in [9.17, 15) is 9.59 Å². The summed E-state index contributed by atoms with van der Waals surface area (Å²) in [5, 5.41) is 0. The van der Waals surface area contributed by atoms with Crippen molar-refractivity contribution in [2.75, 3.05) is 13.2 Å². The van der Waals surface area contributed by atoms with E-state index < -0.39 is 11.9 Å². The zero-order valence-corrected chi connectivity index (χ0v) is 7.90. The number of ether oxygens (including phenoxy) is 2. The third-order valence-corrected chi connectivity index (χ3v) is 1.14. The minimum atomic E-state index is -0.555. The largest absolute Gasteiger partial charge is 0.461 e. The fraction of sp³-hybridized carbons (Fsp3) is 0.300. The van der Waals surface area contributed by atoms with Crippen LogP contribution in [0, 0.1) is 6.42 Å². The van der Waals surface area contributed by atoms with Crippen molar-refractivity contribution >= 4 is 11.9 Å². The highest BCUT2D eigenvalue weighted by atomic mass is 16.5. The minimum Gasteiger partial charge on any atom is -0.461 e. The second-order valence-corrected chi connectivity index (χ2v) is 2.30. The van der Waals surface area contributed by atoms with Crippen molar-refractivity contribution in [1.82, 2.24) is 0 Å². The van der Waals surface area contributed by atoms with Gasteiger partial charge in [-0.25, -0.2) is 0 Å². The zero-order chi connectivity index (χ0) is 10.8. The van der Waals surface area contributed by atoms with Crippen molar-refractivity contribution in [2.24, 2.45) is 0 Å². The van der Waals surface area contributed by atoms with E-state index in [4.69, 9.17) is 0 Å². The average molecular weight is 197 g/mol. The Bertz CT molecular complexity index is 196. The first-order valence-corrected chi connectivity index (χ1v) is 4.08. The molecule has 14 heavy (non-hydrogen) atoms. The van der Waals surface area contributed by atoms with E-state index in [1.807, 2.05) is 0 Å². The molecule has 1 radical (unpaired) electrons. The number of carbonyl (C=O) groups excluding carboxylic acids is 2. The number of carbonyl (C=O) groups is 2. The van der Waals surface area contributed by atoms with Crippen LogP contribution in [-0.2, 0) is 19.1 Å². The second-order valence-electron chi connectivity index (χ2n) is 2.30. The number of hydrogen-bond acceptors (Lipinski definition) is 4. The summed E-state index contributed by atoms with van der Waals surface area (Å²) in [5.74, 6) is -1.04. The third-order valence-electron chi connectivity index (χ3n) is 1.14. The molecule has 0 unspecified atom stereocenters. The summed E-state index contributed by atoms with van der Waals surface area (Å²) in [4.78, 5) is 21.7. The molecule has 0 saturated heterocycles. The van der Waals surface area contributed by atoms with Crippen LogP contribution in [0.2, 0.25) is 0 Å². The molecule has 4 nitrogen and oxygen atoms in total. The monoisotopic (exact) mass is 197 g/mol. The van der Waals surface area contributed by atoms with Crippen LogP contribution in [0.5, 0.6) is 0 Å². The molecule has 0 aliphatic carbocycles. The van der Waals surface area contributed by atoms with Gasteiger partial charge in [-0.1, -0.05) is 25.3 Å². The van der Waals surface area contributed by atoms with Gasteiger partial charge in [-0.2, -0.15) is 0 Å². The molecule has 0 N–H and O–H groups in total. The van der Waals surface area contributed by atoms with Crippen LogP contribution in [0.15, 0.2) is 25.3 Å². The maximum absolute atomic E-state index is 10.9. The van der Waals surface area contributed by atoms with Gasteiger partial charge in [0.25, 0.3) is 0 Å². The molecule has 0 fully saturated rings. The Hall–Kier alpha value is -1.58. The predicted molar refractivity (Wildman–Crippen MR) is 51.2 cm³/mol. The first kappa shape index (κ1) is 12.4. The molecule has 4 heteroatoms. The van der Waals surface area contributed by atoms with Gasteiger partial charge in [0.15, 0.2) is 0 Å². The van der Waals surface area contributed by atoms with Crippen LogP contribution in [0.3, 0.4) is 0 Å². The number of hydrogen-bond donors (Lipinski definition) is 0. The Morgan fingerprint density at radius 1 is 1.07 bits per heavy atom. The molecule has 0 aliphatic heterocycles. The lowest BCUT2D eigenvalue weighted by molar-refractivity contribution is -0.145. The van der Waals surface area contributed by atoms with Crippen molar-refractivity contribution < 1.29 is 19.1 Å². The topological polar surface area (TPSA) is 52.6 Å². The van der Waals surface area contributed by atoms with Crippen LogP contribution < -0.4 is 0 Å². The van der Waals surface area contributed by atoms with Gasteiger partial charge in [0.05, 0.1) is 12.8 Å². The summed E-state index contributed by atoms with van der Waals surface area (Å²) in [6, 6.07) is 0. The van der Waals surface area contributed by atoms with E-state index in [0.29, 0.717) is 0 Å². The summed E-state index contributed by atoms with van der Waals surface area (Å²) in [7, 11) is 0. The van der Waals surface area contributed by atoms with Crippen LogP contribution in [-0.4, -0.2) is 25.2 Å². The van der Waals surface area contributed by atoms with E-state index in [0.717, 1.165) is 6.42 Å². The highest BCUT2D eigenvalue weighted by Crippen LogP contribution is 1.94. The number of rotatable bonds is 7. The van der Waals surface area contributed by atoms with E-state index in [-0.39, 0.29) is 19.6 Å². The van der Waals surface area contributed by atoms with E-state index >= 15 is 0 Å². The van der Waals surface area contributed by atoms with Gasteiger partial charge in [0, 0.05) is 0 Å². The van der Waals surface area contributed by atoms with Crippen molar-refractivity contribution in [3.8, 4) is 0 Å². The highest BCUT2D eigenvalue weighted by molar-refractivity contribution is 5.85. The van der Waals surface area contributed by atoms with Gasteiger partial charge in [-0.3, -0.25) is 9.59 Å². The van der Waals surface area contributed by atoms with Crippen LogP contribution in [0.25, 0.3) is 0 Å². The van der Waals surface area contributed by atoms with Crippen molar-refractivity contribution in [2.45, 2.75) is 6.42 Å². The summed E-state index contributed by atoms with van der Waals surface area (Å²) < 4.78 is 9.24. The van der Waals surface area contributed by atoms with Crippen molar-refractivity contribution in [3.63, 3.8) is 0 Å². The molecule has 0 atom stereocenters. The summed E-state index contributed by atoms with van der Waals surface area (Å²) in [6.07, 6.45) is 3.93. The predicted octanol–water partition coefficient (Wildman–Crippen LogP) is 1.04. The lowest BCUT2D eigenvalue weighted by atomic mass is 10.3. The molecule has 0 rings (SSSR count). The first-order chi connectivity index (χ1) is 6.70. The van der Waals surface area contributed by atoms with Gasteiger partial charge < -0.3 is 9.47 Å². The molecule has 0 saturated carbocycles. The fourth-order valence-corrected chi connectivity index (χ4v) is 0.577. The second kappa shape index (κ2) is 8.04. The standard InChI is InChI=1S/C10H13O4/c1-3-7-13-9(11)5-6-10(12)14-8-4-2/h3-5H,1-2,6-8H2. The van der Waals surface area contributed by atoms with Crippen molar-refractivity contribution in [1.29, 1.82) is 0 Å². The molecule has 0 aromatic carbocycles. The Morgan fingerprint density at radius 2 is 1.64 bits per heavy atom. The SMILES string of the molecule is C=CCOC(=O)[CH]CC(=O)OCC=C. The fourth-order valence-electron chi connectivity index (χ4n) is 0.577. The van der Waals surface area contributed by atoms with Crippen LogP contribution in [0.1, 0.15) is 6.42 Å². The lowest BCUT2D eigenvalue weighted by Crippen LogP contribution is -2.11. The summed E-state index contributed by atoms with van der Waals surface area (Å²) in [6.45, 7) is 7.04. The molecule has 0 aromatic rings. The molecular weight excluding hydrogens is 184 g/mol. The zero-order valence-electron chi connectivity index (χ0n) is 7.90. The molecule has 0 heterocycles. The van der Waals surface area contributed by atoms with Crippen LogP contribution >= 0.6 is 0 Å². The first-order valence-electron chi connectivity index (χ1n) is 4.08. The molecule has 0 spiro atoms. The maximum atomic E-state index is 10.9. The maximum Gasteiger partial charge on any atom is 0.310 e. The van der Waals surface area contributed by atoms with Gasteiger partial charge in [-0.15, -0.1) is 0 Å². The summed E-state index contributed by atoms with van der Waals surface area (Å²) >= 11 is 0. The highest BCUT2D eigenvalue weighted by Gasteiger charge is 2.08. The van der Waals surface area contributed by atoms with Crippen molar-refractivity contribution in [3.05, 3.63) is 31.7 Å². The van der Waals surface area contributed by atoms with E-state index in [1.165, 1.54) is 12.2 Å². The third kappa shape index (κ3) is 7.09. The Balaban J connectivity index is 3.50. The molecular formula is C10H13O4. The Kier molecular flexibility index (Phi) is 7.13. The normalized spacial score (nSPS) is 8.86. The summed E-state index contributed by atoms with van der Waals surface area (Å²) in [5.41, 5.74) is 0. The van der Waals surface area contributed by atoms with E-state index in [2.05, 4.69) is 22.6 Å². The minimum absolute atomic E-state index is 0.0934. The molecule has 0 amide bonds. The average Bonchev–Trinajstić information content (AvgIpc) is 2.20. The lowest BCUT2D eigenvalue weighted by Gasteiger charge is -2.01. The quantitative estimate of drug-likeness (QED) is 0.452. The van der Waals surface area contributed by atoms with Gasteiger partial charge in [-0.05, 0) is 0 Å². The molecule has 0 aromatic heterocycles. The molecule has 0 bridgehead atoms. The number of esters is 2. The van der Waals surface area contributed by atoms with Gasteiger partial charge in [0.1, 0.15) is 13.2 Å².